The van der Waals surface area contributed by atoms with Gasteiger partial charge in [0, 0.05) is 17.3 Å². The van der Waals surface area contributed by atoms with Gasteiger partial charge in [-0.2, -0.15) is 0 Å². The summed E-state index contributed by atoms with van der Waals surface area (Å²) in [4.78, 5) is 4.25. The Kier molecular flexibility index (Phi) is 3.39. The van der Waals surface area contributed by atoms with Crippen LogP contribution >= 0.6 is 0 Å². The van der Waals surface area contributed by atoms with Crippen molar-refractivity contribution in [2.75, 3.05) is 5.73 Å². The fourth-order valence-electron chi connectivity index (χ4n) is 2.08. The van der Waals surface area contributed by atoms with Gasteiger partial charge in [-0.15, -0.1) is 0 Å². The number of nitrogen functional groups attached to an aromatic ring is 1. The van der Waals surface area contributed by atoms with Crippen molar-refractivity contribution < 1.29 is 13.5 Å². The molecule has 0 unspecified atom stereocenters. The third-order valence-corrected chi connectivity index (χ3v) is 3.14. The number of rotatable bonds is 3. The highest BCUT2D eigenvalue weighted by molar-refractivity contribution is 5.94. The van der Waals surface area contributed by atoms with E-state index in [2.05, 4.69) is 4.98 Å². The average molecular weight is 286 g/mol. The summed E-state index contributed by atoms with van der Waals surface area (Å²) in [5, 5.41) is 0.792. The molecule has 0 saturated carbocycles. The maximum absolute atomic E-state index is 13.2. The van der Waals surface area contributed by atoms with Crippen LogP contribution in [0.25, 0.3) is 10.9 Å². The summed E-state index contributed by atoms with van der Waals surface area (Å²) in [6.45, 7) is 0.118. The van der Waals surface area contributed by atoms with Crippen LogP contribution < -0.4 is 10.5 Å². The molecule has 106 valence electrons. The number of benzene rings is 2. The Morgan fingerprint density at radius 1 is 1.05 bits per heavy atom. The van der Waals surface area contributed by atoms with E-state index in [1.165, 1.54) is 6.07 Å². The fraction of sp³-hybridized carbons (Fsp3) is 0.0625. The second-order valence-corrected chi connectivity index (χ2v) is 4.59. The van der Waals surface area contributed by atoms with Crippen molar-refractivity contribution in [3.8, 4) is 5.75 Å². The van der Waals surface area contributed by atoms with Gasteiger partial charge in [-0.3, -0.25) is 4.98 Å². The molecule has 5 heteroatoms. The molecule has 3 rings (SSSR count). The van der Waals surface area contributed by atoms with E-state index in [0.29, 0.717) is 22.5 Å². The number of fused-ring (bicyclic) bond motifs is 1. The maximum Gasteiger partial charge on any atom is 0.159 e. The SMILES string of the molecule is Nc1ccc(OCc2ccc(F)c(F)c2)c2ncccc12. The van der Waals surface area contributed by atoms with Gasteiger partial charge < -0.3 is 10.5 Å². The standard InChI is InChI=1S/C16H12F2N2O/c17-12-4-3-10(8-13(12)18)9-21-15-6-5-14(19)11-2-1-7-20-16(11)15/h1-8H,9,19H2. The molecule has 2 N–H and O–H groups in total. The summed E-state index contributed by atoms with van der Waals surface area (Å²) >= 11 is 0. The molecule has 0 radical (unpaired) electrons. The first-order valence-electron chi connectivity index (χ1n) is 6.35. The van der Waals surface area contributed by atoms with Gasteiger partial charge in [0.1, 0.15) is 17.9 Å². The number of ether oxygens (including phenoxy) is 1. The Bertz CT molecular complexity index is 805. The van der Waals surface area contributed by atoms with Gasteiger partial charge in [-0.1, -0.05) is 6.07 Å². The molecule has 2 aromatic carbocycles. The van der Waals surface area contributed by atoms with Crippen LogP contribution in [-0.4, -0.2) is 4.98 Å². The van der Waals surface area contributed by atoms with Gasteiger partial charge in [-0.25, -0.2) is 8.78 Å². The maximum atomic E-state index is 13.2. The lowest BCUT2D eigenvalue weighted by molar-refractivity contribution is 0.308. The lowest BCUT2D eigenvalue weighted by atomic mass is 10.1. The monoisotopic (exact) mass is 286 g/mol. The average Bonchev–Trinajstić information content (AvgIpc) is 2.50. The topological polar surface area (TPSA) is 48.1 Å². The Balaban J connectivity index is 1.88. The van der Waals surface area contributed by atoms with Crippen molar-refractivity contribution in [3.05, 3.63) is 65.9 Å². The number of halogens is 2. The minimum absolute atomic E-state index is 0.118. The zero-order chi connectivity index (χ0) is 14.8. The van der Waals surface area contributed by atoms with E-state index in [-0.39, 0.29) is 6.61 Å². The number of hydrogen-bond acceptors (Lipinski definition) is 3. The van der Waals surface area contributed by atoms with E-state index >= 15 is 0 Å². The molecule has 1 heterocycles. The molecule has 0 saturated heterocycles. The summed E-state index contributed by atoms with van der Waals surface area (Å²) in [7, 11) is 0. The van der Waals surface area contributed by atoms with Crippen LogP contribution in [0, 0.1) is 11.6 Å². The second-order valence-electron chi connectivity index (χ2n) is 4.59. The van der Waals surface area contributed by atoms with Crippen molar-refractivity contribution in [2.45, 2.75) is 6.61 Å². The number of nitrogens with zero attached hydrogens (tertiary/aromatic N) is 1. The van der Waals surface area contributed by atoms with Gasteiger partial charge in [-0.05, 0) is 42.0 Å². The molecule has 0 spiro atoms. The highest BCUT2D eigenvalue weighted by atomic mass is 19.2. The molecular formula is C16H12F2N2O. The summed E-state index contributed by atoms with van der Waals surface area (Å²) < 4.78 is 31.7. The molecule has 0 bridgehead atoms. The Labute approximate surface area is 120 Å². The third kappa shape index (κ3) is 2.63. The third-order valence-electron chi connectivity index (χ3n) is 3.14. The van der Waals surface area contributed by atoms with E-state index in [9.17, 15) is 8.78 Å². The fourth-order valence-corrected chi connectivity index (χ4v) is 2.08. The van der Waals surface area contributed by atoms with E-state index in [1.54, 1.807) is 24.4 Å². The van der Waals surface area contributed by atoms with Crippen LogP contribution in [0.2, 0.25) is 0 Å². The highest BCUT2D eigenvalue weighted by Gasteiger charge is 2.07. The molecule has 0 aliphatic heterocycles. The molecule has 0 fully saturated rings. The Morgan fingerprint density at radius 3 is 2.71 bits per heavy atom. The van der Waals surface area contributed by atoms with Crippen LogP contribution in [0.4, 0.5) is 14.5 Å². The van der Waals surface area contributed by atoms with Crippen LogP contribution in [0.1, 0.15) is 5.56 Å². The largest absolute Gasteiger partial charge is 0.487 e. The predicted molar refractivity (Wildman–Crippen MR) is 76.8 cm³/mol. The minimum Gasteiger partial charge on any atom is -0.487 e. The van der Waals surface area contributed by atoms with Crippen LogP contribution in [0.15, 0.2) is 48.7 Å². The quantitative estimate of drug-likeness (QED) is 0.747. The van der Waals surface area contributed by atoms with Crippen molar-refractivity contribution in [1.82, 2.24) is 4.98 Å². The van der Waals surface area contributed by atoms with Crippen molar-refractivity contribution >= 4 is 16.6 Å². The zero-order valence-corrected chi connectivity index (χ0v) is 11.0. The van der Waals surface area contributed by atoms with E-state index in [4.69, 9.17) is 10.5 Å². The summed E-state index contributed by atoms with van der Waals surface area (Å²) in [5.74, 6) is -1.22. The molecule has 0 aliphatic carbocycles. The summed E-state index contributed by atoms with van der Waals surface area (Å²) in [6, 6.07) is 10.7. The van der Waals surface area contributed by atoms with Crippen LogP contribution in [0.5, 0.6) is 5.75 Å². The lowest BCUT2D eigenvalue weighted by Crippen LogP contribution is -1.99. The number of anilines is 1. The first-order chi connectivity index (χ1) is 10.1. The molecule has 0 atom stereocenters. The normalized spacial score (nSPS) is 10.8. The van der Waals surface area contributed by atoms with E-state index in [0.717, 1.165) is 17.5 Å². The number of nitrogens with two attached hydrogens (primary N) is 1. The Morgan fingerprint density at radius 2 is 1.90 bits per heavy atom. The molecule has 3 aromatic rings. The molecule has 21 heavy (non-hydrogen) atoms. The first-order valence-corrected chi connectivity index (χ1v) is 6.35. The molecular weight excluding hydrogens is 274 g/mol. The summed E-state index contributed by atoms with van der Waals surface area (Å²) in [5.41, 5.74) is 7.67. The van der Waals surface area contributed by atoms with Gasteiger partial charge in [0.05, 0.1) is 0 Å². The number of aromatic nitrogens is 1. The van der Waals surface area contributed by atoms with Gasteiger partial charge in [0.2, 0.25) is 0 Å². The molecule has 3 nitrogen and oxygen atoms in total. The zero-order valence-electron chi connectivity index (χ0n) is 11.0. The van der Waals surface area contributed by atoms with Crippen molar-refractivity contribution in [1.29, 1.82) is 0 Å². The predicted octanol–water partition coefficient (Wildman–Crippen LogP) is 3.67. The molecule has 1 aromatic heterocycles. The molecule has 0 aliphatic rings. The smallest absolute Gasteiger partial charge is 0.159 e. The molecule has 0 amide bonds. The van der Waals surface area contributed by atoms with Crippen LogP contribution in [-0.2, 0) is 6.61 Å². The van der Waals surface area contributed by atoms with Gasteiger partial charge >= 0.3 is 0 Å². The number of pyridine rings is 1. The van der Waals surface area contributed by atoms with Gasteiger partial charge in [0.15, 0.2) is 11.6 Å². The van der Waals surface area contributed by atoms with E-state index in [1.807, 2.05) is 6.07 Å². The minimum atomic E-state index is -0.892. The van der Waals surface area contributed by atoms with E-state index < -0.39 is 11.6 Å². The summed E-state index contributed by atoms with van der Waals surface area (Å²) in [6.07, 6.45) is 1.65. The van der Waals surface area contributed by atoms with Crippen molar-refractivity contribution in [3.63, 3.8) is 0 Å². The highest BCUT2D eigenvalue weighted by Crippen LogP contribution is 2.28. The first kappa shape index (κ1) is 13.3. The lowest BCUT2D eigenvalue weighted by Gasteiger charge is -2.10. The Hall–Kier alpha value is -2.69. The van der Waals surface area contributed by atoms with Gasteiger partial charge in [0.25, 0.3) is 0 Å². The second kappa shape index (κ2) is 5.36. The van der Waals surface area contributed by atoms with Crippen molar-refractivity contribution in [2.24, 2.45) is 0 Å². The number of hydrogen-bond donors (Lipinski definition) is 1. The van der Waals surface area contributed by atoms with Crippen LogP contribution in [0.3, 0.4) is 0 Å².